The molecule has 1 N–H and O–H groups in total. The van der Waals surface area contributed by atoms with Gasteiger partial charge in [-0.2, -0.15) is 0 Å². The van der Waals surface area contributed by atoms with Crippen molar-refractivity contribution in [3.8, 4) is 0 Å². The minimum absolute atomic E-state index is 0.230. The third-order valence-electron chi connectivity index (χ3n) is 6.98. The van der Waals surface area contributed by atoms with Gasteiger partial charge in [0.15, 0.2) is 5.78 Å². The lowest BCUT2D eigenvalue weighted by atomic mass is 9.76. The molecule has 4 nitrogen and oxygen atoms in total. The van der Waals surface area contributed by atoms with Crippen LogP contribution in [0.4, 0.5) is 5.69 Å². The van der Waals surface area contributed by atoms with Crippen LogP contribution in [-0.4, -0.2) is 23.2 Å². The first-order valence-electron chi connectivity index (χ1n) is 11.0. The first kappa shape index (κ1) is 19.2. The standard InChI is InChI=1S/C24H32N2O2/c1-5-24(6-2)18-14-19-17(16-9-7-8-10-21(27)22(16)25-19)13-20(18)26(23(24)28)12-11-15(3)4/h13-15,25H,5-12H2,1-4H3. The fourth-order valence-electron chi connectivity index (χ4n) is 5.13. The van der Waals surface area contributed by atoms with Gasteiger partial charge in [0.25, 0.3) is 0 Å². The lowest BCUT2D eigenvalue weighted by molar-refractivity contribution is -0.123. The number of hydrogen-bond donors (Lipinski definition) is 1. The molecule has 0 saturated carbocycles. The molecule has 4 heteroatoms. The first-order chi connectivity index (χ1) is 13.4. The predicted octanol–water partition coefficient (Wildman–Crippen LogP) is 5.53. The van der Waals surface area contributed by atoms with Crippen LogP contribution in [0.1, 0.15) is 87.8 Å². The molecular formula is C24H32N2O2. The van der Waals surface area contributed by atoms with E-state index in [1.54, 1.807) is 0 Å². The quantitative estimate of drug-likeness (QED) is 0.694. The highest BCUT2D eigenvalue weighted by Gasteiger charge is 2.48. The van der Waals surface area contributed by atoms with Crippen molar-refractivity contribution in [1.29, 1.82) is 0 Å². The highest BCUT2D eigenvalue weighted by Crippen LogP contribution is 2.48. The Labute approximate surface area is 167 Å². The molecule has 2 heterocycles. The number of fused-ring (bicyclic) bond motifs is 4. The maximum Gasteiger partial charge on any atom is 0.237 e. The molecule has 1 aliphatic carbocycles. The number of H-pyrrole nitrogens is 1. The Bertz CT molecular complexity index is 934. The van der Waals surface area contributed by atoms with Gasteiger partial charge in [-0.3, -0.25) is 9.59 Å². The molecule has 1 aliphatic heterocycles. The van der Waals surface area contributed by atoms with E-state index in [2.05, 4.69) is 44.8 Å². The number of amides is 1. The minimum Gasteiger partial charge on any atom is -0.352 e. The Morgan fingerprint density at radius 3 is 2.50 bits per heavy atom. The summed E-state index contributed by atoms with van der Waals surface area (Å²) in [7, 11) is 0. The molecule has 1 amide bonds. The molecule has 1 aromatic heterocycles. The number of anilines is 1. The number of ketones is 1. The van der Waals surface area contributed by atoms with E-state index in [0.717, 1.165) is 78.5 Å². The number of carbonyl (C=O) groups excluding carboxylic acids is 2. The number of aryl methyl sites for hydroxylation is 1. The summed E-state index contributed by atoms with van der Waals surface area (Å²) < 4.78 is 0. The third kappa shape index (κ3) is 2.72. The lowest BCUT2D eigenvalue weighted by Gasteiger charge is -2.26. The Morgan fingerprint density at radius 1 is 1.11 bits per heavy atom. The zero-order valence-corrected chi connectivity index (χ0v) is 17.7. The van der Waals surface area contributed by atoms with Crippen molar-refractivity contribution in [2.45, 2.75) is 78.1 Å². The zero-order chi connectivity index (χ0) is 20.1. The largest absolute Gasteiger partial charge is 0.352 e. The van der Waals surface area contributed by atoms with Gasteiger partial charge in [-0.05, 0) is 67.7 Å². The SMILES string of the molecule is CCC1(CC)C(=O)N(CCC(C)C)c2cc3c4c([nH]c3cc21)C(=O)CCCC4. The molecule has 0 bridgehead atoms. The molecule has 0 unspecified atom stereocenters. The van der Waals surface area contributed by atoms with E-state index in [4.69, 9.17) is 0 Å². The number of hydrogen-bond acceptors (Lipinski definition) is 2. The summed E-state index contributed by atoms with van der Waals surface area (Å²) >= 11 is 0. The Kier molecular flexibility index (Phi) is 4.84. The number of nitrogens with zero attached hydrogens (tertiary/aromatic N) is 1. The topological polar surface area (TPSA) is 53.2 Å². The molecule has 28 heavy (non-hydrogen) atoms. The molecule has 1 aromatic carbocycles. The summed E-state index contributed by atoms with van der Waals surface area (Å²) in [4.78, 5) is 31.5. The molecule has 0 atom stereocenters. The van der Waals surface area contributed by atoms with Crippen molar-refractivity contribution in [1.82, 2.24) is 4.98 Å². The van der Waals surface area contributed by atoms with Crippen LogP contribution in [0.25, 0.3) is 10.9 Å². The van der Waals surface area contributed by atoms with Crippen LogP contribution in [0.15, 0.2) is 12.1 Å². The van der Waals surface area contributed by atoms with Crippen LogP contribution < -0.4 is 4.90 Å². The van der Waals surface area contributed by atoms with Crippen molar-refractivity contribution in [2.75, 3.05) is 11.4 Å². The zero-order valence-electron chi connectivity index (χ0n) is 17.7. The van der Waals surface area contributed by atoms with Gasteiger partial charge in [-0.1, -0.05) is 27.7 Å². The molecular weight excluding hydrogens is 348 g/mol. The Balaban J connectivity index is 1.91. The fourth-order valence-corrected chi connectivity index (χ4v) is 5.13. The molecule has 0 fully saturated rings. The number of nitrogens with one attached hydrogen (secondary N) is 1. The second kappa shape index (κ2) is 7.06. The number of rotatable bonds is 5. The van der Waals surface area contributed by atoms with Crippen LogP contribution in [0.2, 0.25) is 0 Å². The van der Waals surface area contributed by atoms with Crippen LogP contribution >= 0.6 is 0 Å². The van der Waals surface area contributed by atoms with E-state index < -0.39 is 5.41 Å². The van der Waals surface area contributed by atoms with Crippen LogP contribution in [-0.2, 0) is 16.6 Å². The minimum atomic E-state index is -0.437. The number of carbonyl (C=O) groups is 2. The van der Waals surface area contributed by atoms with Gasteiger partial charge < -0.3 is 9.88 Å². The van der Waals surface area contributed by atoms with Gasteiger partial charge in [-0.25, -0.2) is 0 Å². The van der Waals surface area contributed by atoms with Gasteiger partial charge in [0.05, 0.1) is 11.1 Å². The van der Waals surface area contributed by atoms with Crippen molar-refractivity contribution < 1.29 is 9.59 Å². The molecule has 2 aromatic rings. The first-order valence-corrected chi connectivity index (χ1v) is 11.0. The number of aromatic amines is 1. The Hall–Kier alpha value is -2.10. The van der Waals surface area contributed by atoms with Gasteiger partial charge in [0, 0.05) is 29.6 Å². The summed E-state index contributed by atoms with van der Waals surface area (Å²) in [6.45, 7) is 9.41. The Morgan fingerprint density at radius 2 is 1.82 bits per heavy atom. The van der Waals surface area contributed by atoms with Gasteiger partial charge in [0.1, 0.15) is 0 Å². The highest BCUT2D eigenvalue weighted by molar-refractivity contribution is 6.11. The van der Waals surface area contributed by atoms with Crippen LogP contribution in [0.5, 0.6) is 0 Å². The van der Waals surface area contributed by atoms with E-state index >= 15 is 0 Å². The normalized spacial score (nSPS) is 18.7. The molecule has 0 spiro atoms. The summed E-state index contributed by atoms with van der Waals surface area (Å²) in [5.41, 5.74) is 4.75. The average Bonchev–Trinajstić information content (AvgIpc) is 3.06. The predicted molar refractivity (Wildman–Crippen MR) is 114 cm³/mol. The lowest BCUT2D eigenvalue weighted by Crippen LogP contribution is -2.40. The summed E-state index contributed by atoms with van der Waals surface area (Å²) in [5, 5.41) is 1.13. The van der Waals surface area contributed by atoms with Crippen molar-refractivity contribution >= 4 is 28.3 Å². The maximum absolute atomic E-state index is 13.5. The maximum atomic E-state index is 13.5. The highest BCUT2D eigenvalue weighted by atomic mass is 16.2. The monoisotopic (exact) mass is 380 g/mol. The van der Waals surface area contributed by atoms with E-state index in [-0.39, 0.29) is 11.7 Å². The van der Waals surface area contributed by atoms with Crippen molar-refractivity contribution in [3.63, 3.8) is 0 Å². The van der Waals surface area contributed by atoms with E-state index in [0.29, 0.717) is 12.3 Å². The number of benzene rings is 1. The van der Waals surface area contributed by atoms with Gasteiger partial charge >= 0.3 is 0 Å². The fraction of sp³-hybridized carbons (Fsp3) is 0.583. The number of Topliss-reactive ketones (excluding diaryl/α,β-unsaturated/α-hetero) is 1. The molecule has 150 valence electrons. The van der Waals surface area contributed by atoms with E-state index in [9.17, 15) is 9.59 Å². The average molecular weight is 381 g/mol. The summed E-state index contributed by atoms with van der Waals surface area (Å²) in [5.74, 6) is 1.04. The number of aromatic nitrogens is 1. The third-order valence-corrected chi connectivity index (χ3v) is 6.98. The van der Waals surface area contributed by atoms with E-state index in [1.165, 1.54) is 0 Å². The van der Waals surface area contributed by atoms with Gasteiger partial charge in [-0.15, -0.1) is 0 Å². The molecule has 4 rings (SSSR count). The smallest absolute Gasteiger partial charge is 0.237 e. The van der Waals surface area contributed by atoms with E-state index in [1.807, 2.05) is 4.90 Å². The molecule has 0 radical (unpaired) electrons. The second-order valence-electron chi connectivity index (χ2n) is 8.95. The molecule has 2 aliphatic rings. The van der Waals surface area contributed by atoms with Gasteiger partial charge in [0.2, 0.25) is 5.91 Å². The second-order valence-corrected chi connectivity index (χ2v) is 8.95. The molecule has 0 saturated heterocycles. The summed E-state index contributed by atoms with van der Waals surface area (Å²) in [6.07, 6.45) is 6.18. The van der Waals surface area contributed by atoms with Crippen LogP contribution in [0.3, 0.4) is 0 Å². The summed E-state index contributed by atoms with van der Waals surface area (Å²) in [6, 6.07) is 4.37. The van der Waals surface area contributed by atoms with Crippen LogP contribution in [0, 0.1) is 5.92 Å². The van der Waals surface area contributed by atoms with Crippen molar-refractivity contribution in [2.24, 2.45) is 5.92 Å². The van der Waals surface area contributed by atoms with Crippen molar-refractivity contribution in [3.05, 3.63) is 29.0 Å².